The van der Waals surface area contributed by atoms with Gasteiger partial charge in [0.15, 0.2) is 0 Å². The van der Waals surface area contributed by atoms with E-state index in [0.29, 0.717) is 23.8 Å². The fourth-order valence-corrected chi connectivity index (χ4v) is 3.36. The van der Waals surface area contributed by atoms with E-state index in [1.807, 2.05) is 31.2 Å². The van der Waals surface area contributed by atoms with Crippen molar-refractivity contribution in [1.82, 2.24) is 0 Å². The number of hydrogen-bond acceptors (Lipinski definition) is 5. The highest BCUT2D eigenvalue weighted by Crippen LogP contribution is 2.41. The lowest BCUT2D eigenvalue weighted by atomic mass is 9.91. The first-order chi connectivity index (χ1) is 12.8. The highest BCUT2D eigenvalue weighted by molar-refractivity contribution is 5.98. The van der Waals surface area contributed by atoms with E-state index in [-0.39, 0.29) is 18.5 Å². The largest absolute Gasteiger partial charge is 0.426 e. The average molecular weight is 372 g/mol. The van der Waals surface area contributed by atoms with Crippen molar-refractivity contribution in [2.75, 3.05) is 6.61 Å². The highest BCUT2D eigenvalue weighted by Gasteiger charge is 2.21. The number of carbonyl (C=O) groups is 2. The van der Waals surface area contributed by atoms with Gasteiger partial charge in [0.1, 0.15) is 11.5 Å². The molecule has 1 N–H and O–H groups in total. The molecular weight excluding hydrogens is 344 g/mol. The van der Waals surface area contributed by atoms with Crippen molar-refractivity contribution in [2.45, 2.75) is 53.4 Å². The molecule has 0 aliphatic heterocycles. The van der Waals surface area contributed by atoms with Gasteiger partial charge in [0.25, 0.3) is 0 Å². The molecule has 27 heavy (non-hydrogen) atoms. The van der Waals surface area contributed by atoms with Crippen LogP contribution in [-0.4, -0.2) is 23.7 Å². The molecule has 2 aromatic carbocycles. The van der Waals surface area contributed by atoms with Crippen molar-refractivity contribution in [3.05, 3.63) is 35.4 Å². The third-order valence-corrected chi connectivity index (χ3v) is 4.72. The summed E-state index contributed by atoms with van der Waals surface area (Å²) in [5, 5.41) is 10.5. The number of ether oxygens (including phenoxy) is 2. The van der Waals surface area contributed by atoms with Gasteiger partial charge in [-0.1, -0.05) is 31.2 Å². The summed E-state index contributed by atoms with van der Waals surface area (Å²) in [6.45, 7) is 6.99. The van der Waals surface area contributed by atoms with E-state index in [2.05, 4.69) is 6.92 Å². The van der Waals surface area contributed by atoms with Crippen LogP contribution in [0.3, 0.4) is 0 Å². The number of aliphatic hydroxyl groups is 1. The Bertz CT molecular complexity index is 825. The van der Waals surface area contributed by atoms with E-state index >= 15 is 0 Å². The Labute approximate surface area is 160 Å². The molecular formula is C22H28O5. The minimum atomic E-state index is -0.384. The third kappa shape index (κ3) is 5.30. The maximum Gasteiger partial charge on any atom is 0.308 e. The standard InChI is InChI=1S/C22H28O5/c1-14(8-7-13-23)11-12-18-15(2)21(26-16(3)24)19-9-5-6-10-20(19)22(18)27-17(4)25/h5-6,9-10,14,23H,7-8,11-13H2,1-4H3. The molecule has 1 atom stereocenters. The molecule has 0 heterocycles. The van der Waals surface area contributed by atoms with E-state index in [9.17, 15) is 9.59 Å². The average Bonchev–Trinajstić information content (AvgIpc) is 2.62. The number of rotatable bonds is 8. The smallest absolute Gasteiger partial charge is 0.308 e. The summed E-state index contributed by atoms with van der Waals surface area (Å²) >= 11 is 0. The molecule has 2 rings (SSSR count). The zero-order valence-corrected chi connectivity index (χ0v) is 16.5. The highest BCUT2D eigenvalue weighted by atomic mass is 16.5. The Balaban J connectivity index is 2.55. The molecule has 0 bridgehead atoms. The van der Waals surface area contributed by atoms with Crippen molar-refractivity contribution in [1.29, 1.82) is 0 Å². The van der Waals surface area contributed by atoms with Gasteiger partial charge in [-0.05, 0) is 44.1 Å². The predicted octanol–water partition coefficient (Wildman–Crippen LogP) is 4.34. The SMILES string of the molecule is CC(=O)Oc1c(C)c(CCC(C)CCCO)c(OC(C)=O)c2ccccc12. The first-order valence-corrected chi connectivity index (χ1v) is 9.37. The summed E-state index contributed by atoms with van der Waals surface area (Å²) < 4.78 is 11.1. The van der Waals surface area contributed by atoms with Crippen molar-refractivity contribution in [2.24, 2.45) is 5.92 Å². The summed E-state index contributed by atoms with van der Waals surface area (Å²) in [6.07, 6.45) is 3.28. The van der Waals surface area contributed by atoms with Gasteiger partial charge in [-0.25, -0.2) is 0 Å². The molecule has 5 heteroatoms. The quantitative estimate of drug-likeness (QED) is 0.551. The van der Waals surface area contributed by atoms with Gasteiger partial charge in [0, 0.05) is 36.8 Å². The van der Waals surface area contributed by atoms with Crippen LogP contribution in [0.2, 0.25) is 0 Å². The molecule has 0 spiro atoms. The summed E-state index contributed by atoms with van der Waals surface area (Å²) in [5.41, 5.74) is 1.70. The first-order valence-electron chi connectivity index (χ1n) is 9.37. The van der Waals surface area contributed by atoms with Crippen molar-refractivity contribution < 1.29 is 24.2 Å². The van der Waals surface area contributed by atoms with Gasteiger partial charge in [-0.3, -0.25) is 9.59 Å². The molecule has 0 saturated carbocycles. The molecule has 0 aliphatic rings. The van der Waals surface area contributed by atoms with E-state index in [0.717, 1.165) is 41.2 Å². The fraction of sp³-hybridized carbons (Fsp3) is 0.455. The number of fused-ring (bicyclic) bond motifs is 1. The lowest BCUT2D eigenvalue weighted by molar-refractivity contribution is -0.133. The molecule has 2 aromatic rings. The van der Waals surface area contributed by atoms with Crippen LogP contribution in [0.15, 0.2) is 24.3 Å². The van der Waals surface area contributed by atoms with Gasteiger partial charge in [-0.15, -0.1) is 0 Å². The Morgan fingerprint density at radius 2 is 1.56 bits per heavy atom. The zero-order valence-electron chi connectivity index (χ0n) is 16.5. The van der Waals surface area contributed by atoms with Gasteiger partial charge < -0.3 is 14.6 Å². The van der Waals surface area contributed by atoms with E-state index in [4.69, 9.17) is 14.6 Å². The van der Waals surface area contributed by atoms with Crippen LogP contribution < -0.4 is 9.47 Å². The Morgan fingerprint density at radius 3 is 2.11 bits per heavy atom. The number of hydrogen-bond donors (Lipinski definition) is 1. The maximum absolute atomic E-state index is 11.7. The summed E-state index contributed by atoms with van der Waals surface area (Å²) in [5.74, 6) is 0.721. The van der Waals surface area contributed by atoms with E-state index in [1.54, 1.807) is 0 Å². The third-order valence-electron chi connectivity index (χ3n) is 4.72. The number of benzene rings is 2. The summed E-state index contributed by atoms with van der Waals surface area (Å²) in [6, 6.07) is 7.47. The van der Waals surface area contributed by atoms with Crippen molar-refractivity contribution in [3.63, 3.8) is 0 Å². The minimum absolute atomic E-state index is 0.189. The molecule has 0 radical (unpaired) electrons. The molecule has 0 aliphatic carbocycles. The second kappa shape index (κ2) is 9.51. The van der Waals surface area contributed by atoms with Gasteiger partial charge in [-0.2, -0.15) is 0 Å². The summed E-state index contributed by atoms with van der Waals surface area (Å²) in [4.78, 5) is 23.4. The van der Waals surface area contributed by atoms with Crippen LogP contribution in [0.1, 0.15) is 51.2 Å². The topological polar surface area (TPSA) is 72.8 Å². The second-order valence-electron chi connectivity index (χ2n) is 7.00. The lowest BCUT2D eigenvalue weighted by Gasteiger charge is -2.20. The van der Waals surface area contributed by atoms with Crippen molar-refractivity contribution in [3.8, 4) is 11.5 Å². The molecule has 0 saturated heterocycles. The Kier molecular flexibility index (Phi) is 7.36. The fourth-order valence-electron chi connectivity index (χ4n) is 3.36. The zero-order chi connectivity index (χ0) is 20.0. The molecule has 5 nitrogen and oxygen atoms in total. The van der Waals surface area contributed by atoms with E-state index in [1.165, 1.54) is 13.8 Å². The molecule has 0 aromatic heterocycles. The van der Waals surface area contributed by atoms with Crippen LogP contribution in [0.4, 0.5) is 0 Å². The first kappa shape index (κ1) is 20.9. The van der Waals surface area contributed by atoms with E-state index < -0.39 is 0 Å². The van der Waals surface area contributed by atoms with Gasteiger partial charge in [0.05, 0.1) is 0 Å². The lowest BCUT2D eigenvalue weighted by Crippen LogP contribution is -2.10. The minimum Gasteiger partial charge on any atom is -0.426 e. The van der Waals surface area contributed by atoms with Gasteiger partial charge in [0.2, 0.25) is 0 Å². The Morgan fingerprint density at radius 1 is 1.00 bits per heavy atom. The molecule has 146 valence electrons. The number of esters is 2. The molecule has 1 unspecified atom stereocenters. The number of aliphatic hydroxyl groups excluding tert-OH is 1. The van der Waals surface area contributed by atoms with Crippen LogP contribution in [-0.2, 0) is 16.0 Å². The predicted molar refractivity (Wildman–Crippen MR) is 105 cm³/mol. The number of carbonyl (C=O) groups excluding carboxylic acids is 2. The normalized spacial score (nSPS) is 12.0. The van der Waals surface area contributed by atoms with Crippen LogP contribution >= 0.6 is 0 Å². The van der Waals surface area contributed by atoms with Gasteiger partial charge >= 0.3 is 11.9 Å². The molecule has 0 fully saturated rings. The van der Waals surface area contributed by atoms with Crippen LogP contribution in [0.5, 0.6) is 11.5 Å². The molecule has 0 amide bonds. The van der Waals surface area contributed by atoms with Crippen molar-refractivity contribution >= 4 is 22.7 Å². The Hall–Kier alpha value is -2.40. The monoisotopic (exact) mass is 372 g/mol. The second-order valence-corrected chi connectivity index (χ2v) is 7.00. The maximum atomic E-state index is 11.7. The summed E-state index contributed by atoms with van der Waals surface area (Å²) in [7, 11) is 0. The van der Waals surface area contributed by atoms with Crippen LogP contribution in [0, 0.1) is 12.8 Å². The van der Waals surface area contributed by atoms with Crippen LogP contribution in [0.25, 0.3) is 10.8 Å².